The third-order valence-corrected chi connectivity index (χ3v) is 4.34. The number of carbonyl (C=O) groups is 2. The van der Waals surface area contributed by atoms with Crippen molar-refractivity contribution in [2.75, 3.05) is 11.9 Å². The fraction of sp³-hybridized carbons (Fsp3) is 0.150. The zero-order valence-electron chi connectivity index (χ0n) is 15.1. The Morgan fingerprint density at radius 2 is 1.82 bits per heavy atom. The van der Waals surface area contributed by atoms with Crippen LogP contribution < -0.4 is 20.7 Å². The van der Waals surface area contributed by atoms with Gasteiger partial charge in [0.2, 0.25) is 0 Å². The van der Waals surface area contributed by atoms with Crippen LogP contribution in [0.25, 0.3) is 0 Å². The van der Waals surface area contributed by atoms with E-state index in [9.17, 15) is 9.59 Å². The Hall–Kier alpha value is -3.39. The van der Waals surface area contributed by atoms with E-state index in [0.29, 0.717) is 27.8 Å². The standard InChI is InChI=1S/C20H19N3O4S/c1-12-17(19(26)22-14-5-3-2-4-6-14)18(23-20(28)21-12)13-7-9-15(10-8-13)27-11-16(24)25/h2-10,18H,11H2,1H3,(H,22,26)(H,24,25)(H2,21,23,28)/t18-/m0/s1. The number of ether oxygens (including phenoxy) is 1. The summed E-state index contributed by atoms with van der Waals surface area (Å²) in [5.41, 5.74) is 2.66. The van der Waals surface area contributed by atoms with Gasteiger partial charge in [-0.05, 0) is 49.0 Å². The highest BCUT2D eigenvalue weighted by Gasteiger charge is 2.29. The SMILES string of the molecule is CC1=C(C(=O)Nc2ccccc2)[C@H](c2ccc(OCC(=O)O)cc2)NC(=S)N1. The van der Waals surface area contributed by atoms with Crippen molar-refractivity contribution in [1.82, 2.24) is 10.6 Å². The number of nitrogens with one attached hydrogen (secondary N) is 3. The minimum absolute atomic E-state index is 0.248. The maximum atomic E-state index is 12.9. The van der Waals surface area contributed by atoms with Crippen LogP contribution in [0.2, 0.25) is 0 Å². The number of amides is 1. The number of hydrogen-bond donors (Lipinski definition) is 4. The number of rotatable bonds is 6. The largest absolute Gasteiger partial charge is 0.482 e. The van der Waals surface area contributed by atoms with E-state index in [1.807, 2.05) is 30.3 Å². The molecule has 28 heavy (non-hydrogen) atoms. The zero-order chi connectivity index (χ0) is 20.1. The average Bonchev–Trinajstić information content (AvgIpc) is 2.66. The first-order valence-corrected chi connectivity index (χ1v) is 8.94. The van der Waals surface area contributed by atoms with E-state index < -0.39 is 18.6 Å². The monoisotopic (exact) mass is 397 g/mol. The lowest BCUT2D eigenvalue weighted by Crippen LogP contribution is -2.45. The summed E-state index contributed by atoms with van der Waals surface area (Å²) < 4.78 is 5.16. The summed E-state index contributed by atoms with van der Waals surface area (Å²) in [6.45, 7) is 1.38. The first-order valence-electron chi connectivity index (χ1n) is 8.53. The number of benzene rings is 2. The molecule has 2 aromatic carbocycles. The van der Waals surface area contributed by atoms with Gasteiger partial charge in [-0.2, -0.15) is 0 Å². The van der Waals surface area contributed by atoms with Crippen molar-refractivity contribution in [2.45, 2.75) is 13.0 Å². The molecule has 1 atom stereocenters. The molecule has 0 bridgehead atoms. The minimum atomic E-state index is -1.05. The summed E-state index contributed by atoms with van der Waals surface area (Å²) in [7, 11) is 0. The summed E-state index contributed by atoms with van der Waals surface area (Å²) >= 11 is 5.25. The number of aliphatic carboxylic acids is 1. The quantitative estimate of drug-likeness (QED) is 0.556. The predicted molar refractivity (Wildman–Crippen MR) is 109 cm³/mol. The summed E-state index contributed by atoms with van der Waals surface area (Å²) in [5.74, 6) is -0.867. The molecular weight excluding hydrogens is 378 g/mol. The van der Waals surface area contributed by atoms with Gasteiger partial charge in [-0.15, -0.1) is 0 Å². The molecule has 7 nitrogen and oxygen atoms in total. The number of thiocarbonyl (C=S) groups is 1. The van der Waals surface area contributed by atoms with Gasteiger partial charge in [-0.25, -0.2) is 4.79 Å². The van der Waals surface area contributed by atoms with Gasteiger partial charge in [0.15, 0.2) is 11.7 Å². The number of allylic oxidation sites excluding steroid dienone is 1. The Morgan fingerprint density at radius 3 is 2.46 bits per heavy atom. The molecule has 8 heteroatoms. The molecule has 0 aromatic heterocycles. The number of carboxylic acids is 1. The van der Waals surface area contributed by atoms with Gasteiger partial charge in [0, 0.05) is 11.4 Å². The summed E-state index contributed by atoms with van der Waals surface area (Å²) in [5, 5.41) is 18.1. The average molecular weight is 397 g/mol. The first kappa shape index (κ1) is 19.4. The lowest BCUT2D eigenvalue weighted by molar-refractivity contribution is -0.139. The van der Waals surface area contributed by atoms with Crippen LogP contribution in [-0.2, 0) is 9.59 Å². The summed E-state index contributed by atoms with van der Waals surface area (Å²) in [6, 6.07) is 15.6. The molecule has 0 fully saturated rings. The van der Waals surface area contributed by atoms with E-state index in [1.54, 1.807) is 31.2 Å². The van der Waals surface area contributed by atoms with E-state index in [-0.39, 0.29) is 5.91 Å². The van der Waals surface area contributed by atoms with E-state index in [4.69, 9.17) is 22.1 Å². The third-order valence-electron chi connectivity index (χ3n) is 4.12. The molecule has 0 saturated carbocycles. The summed E-state index contributed by atoms with van der Waals surface area (Å²) in [6.07, 6.45) is 0. The highest BCUT2D eigenvalue weighted by Crippen LogP contribution is 2.29. The molecular formula is C20H19N3O4S. The van der Waals surface area contributed by atoms with Crippen molar-refractivity contribution in [3.63, 3.8) is 0 Å². The van der Waals surface area contributed by atoms with Crippen LogP contribution in [0, 0.1) is 0 Å². The molecule has 0 spiro atoms. The molecule has 0 saturated heterocycles. The van der Waals surface area contributed by atoms with Gasteiger partial charge in [-0.3, -0.25) is 4.79 Å². The lowest BCUT2D eigenvalue weighted by atomic mass is 9.95. The van der Waals surface area contributed by atoms with Crippen LogP contribution in [0.15, 0.2) is 65.9 Å². The molecule has 0 unspecified atom stereocenters. The number of para-hydroxylation sites is 1. The van der Waals surface area contributed by atoms with E-state index in [2.05, 4.69) is 16.0 Å². The van der Waals surface area contributed by atoms with Gasteiger partial charge < -0.3 is 25.8 Å². The smallest absolute Gasteiger partial charge is 0.341 e. The molecule has 0 aliphatic carbocycles. The van der Waals surface area contributed by atoms with Crippen molar-refractivity contribution in [3.8, 4) is 5.75 Å². The number of carboxylic acid groups (broad SMARTS) is 1. The van der Waals surface area contributed by atoms with Crippen LogP contribution in [0.4, 0.5) is 5.69 Å². The molecule has 4 N–H and O–H groups in total. The number of anilines is 1. The van der Waals surface area contributed by atoms with Crippen LogP contribution >= 0.6 is 12.2 Å². The van der Waals surface area contributed by atoms with Crippen molar-refractivity contribution in [1.29, 1.82) is 0 Å². The second kappa shape index (κ2) is 8.53. The molecule has 0 radical (unpaired) electrons. The topological polar surface area (TPSA) is 99.7 Å². The Morgan fingerprint density at radius 1 is 1.14 bits per heavy atom. The molecule has 1 amide bonds. The Kier molecular flexibility index (Phi) is 5.90. The molecule has 2 aromatic rings. The fourth-order valence-electron chi connectivity index (χ4n) is 2.87. The van der Waals surface area contributed by atoms with E-state index in [1.165, 1.54) is 0 Å². The van der Waals surface area contributed by atoms with Crippen molar-refractivity contribution < 1.29 is 19.4 Å². The summed E-state index contributed by atoms with van der Waals surface area (Å²) in [4.78, 5) is 23.6. The fourth-order valence-corrected chi connectivity index (χ4v) is 3.14. The van der Waals surface area contributed by atoms with Crippen LogP contribution in [0.5, 0.6) is 5.75 Å². The highest BCUT2D eigenvalue weighted by atomic mass is 32.1. The van der Waals surface area contributed by atoms with Crippen LogP contribution in [0.3, 0.4) is 0 Å². The second-order valence-electron chi connectivity index (χ2n) is 6.14. The Balaban J connectivity index is 1.85. The predicted octanol–water partition coefficient (Wildman–Crippen LogP) is 2.58. The first-order chi connectivity index (χ1) is 13.4. The molecule has 1 aliphatic rings. The van der Waals surface area contributed by atoms with Crippen LogP contribution in [0.1, 0.15) is 18.5 Å². The van der Waals surface area contributed by atoms with Crippen LogP contribution in [-0.4, -0.2) is 28.7 Å². The third kappa shape index (κ3) is 4.66. The van der Waals surface area contributed by atoms with Gasteiger partial charge in [0.25, 0.3) is 5.91 Å². The lowest BCUT2D eigenvalue weighted by Gasteiger charge is -2.30. The Labute approximate surface area is 167 Å². The van der Waals surface area contributed by atoms with Crippen molar-refractivity contribution in [2.24, 2.45) is 0 Å². The van der Waals surface area contributed by atoms with Crippen molar-refractivity contribution >= 4 is 34.9 Å². The highest BCUT2D eigenvalue weighted by molar-refractivity contribution is 7.80. The molecule has 1 aliphatic heterocycles. The Bertz CT molecular complexity index is 926. The van der Waals surface area contributed by atoms with Gasteiger partial charge >= 0.3 is 5.97 Å². The van der Waals surface area contributed by atoms with E-state index >= 15 is 0 Å². The number of carbonyl (C=O) groups excluding carboxylic acids is 1. The molecule has 144 valence electrons. The van der Waals surface area contributed by atoms with Gasteiger partial charge in [-0.1, -0.05) is 30.3 Å². The maximum absolute atomic E-state index is 12.9. The molecule has 1 heterocycles. The van der Waals surface area contributed by atoms with E-state index in [0.717, 1.165) is 5.56 Å². The van der Waals surface area contributed by atoms with Gasteiger partial charge in [0.05, 0.1) is 11.6 Å². The normalized spacial score (nSPS) is 16.0. The van der Waals surface area contributed by atoms with Crippen molar-refractivity contribution in [3.05, 3.63) is 71.4 Å². The second-order valence-corrected chi connectivity index (χ2v) is 6.55. The minimum Gasteiger partial charge on any atom is -0.482 e. The van der Waals surface area contributed by atoms with Gasteiger partial charge in [0.1, 0.15) is 5.75 Å². The maximum Gasteiger partial charge on any atom is 0.341 e. The molecule has 3 rings (SSSR count). The number of hydrogen-bond acceptors (Lipinski definition) is 4. The zero-order valence-corrected chi connectivity index (χ0v) is 15.9.